The predicted octanol–water partition coefficient (Wildman–Crippen LogP) is 3.73. The molecule has 0 saturated carbocycles. The molecule has 5 heteroatoms. The second-order valence-corrected chi connectivity index (χ2v) is 5.16. The molecule has 0 aliphatic heterocycles. The largest absolute Gasteiger partial charge is 0.326 e. The Bertz CT molecular complexity index is 331. The molecule has 0 atom stereocenters. The van der Waals surface area contributed by atoms with Gasteiger partial charge in [-0.1, -0.05) is 6.07 Å². The fourth-order valence-corrected chi connectivity index (χ4v) is 2.83. The third kappa shape index (κ3) is 4.22. The molecule has 0 heterocycles. The summed E-state index contributed by atoms with van der Waals surface area (Å²) in [4.78, 5) is 0. The van der Waals surface area contributed by atoms with E-state index >= 15 is 0 Å². The minimum atomic E-state index is 0. The van der Waals surface area contributed by atoms with Gasteiger partial charge in [-0.3, -0.25) is 0 Å². The Morgan fingerprint density at radius 3 is 2.12 bits per heavy atom. The number of rotatable bonds is 5. The molecule has 0 unspecified atom stereocenters. The molecule has 0 aliphatic rings. The van der Waals surface area contributed by atoms with Crippen LogP contribution < -0.4 is 5.73 Å². The molecule has 1 aromatic carbocycles. The van der Waals surface area contributed by atoms with Crippen molar-refractivity contribution < 1.29 is 0 Å². The highest BCUT2D eigenvalue weighted by Crippen LogP contribution is 2.23. The van der Waals surface area contributed by atoms with Gasteiger partial charge in [0.25, 0.3) is 0 Å². The van der Waals surface area contributed by atoms with E-state index in [4.69, 9.17) is 28.9 Å². The van der Waals surface area contributed by atoms with E-state index in [1.807, 2.05) is 0 Å². The fraction of sp³-hybridized carbons (Fsp3) is 0.455. The highest BCUT2D eigenvalue weighted by molar-refractivity contribution is 14.1. The molecule has 1 aromatic rings. The summed E-state index contributed by atoms with van der Waals surface area (Å²) < 4.78 is 1.26. The van der Waals surface area contributed by atoms with Gasteiger partial charge >= 0.3 is 0 Å². The number of nitrogens with two attached hydrogens (primary N) is 1. The van der Waals surface area contributed by atoms with E-state index in [1.165, 1.54) is 20.3 Å². The van der Waals surface area contributed by atoms with E-state index in [9.17, 15) is 0 Å². The first-order valence-corrected chi connectivity index (χ1v) is 7.00. The quantitative estimate of drug-likeness (QED) is 0.598. The Labute approximate surface area is 127 Å². The predicted molar refractivity (Wildman–Crippen MR) is 83.1 cm³/mol. The van der Waals surface area contributed by atoms with Crippen molar-refractivity contribution in [3.05, 3.63) is 32.4 Å². The van der Waals surface area contributed by atoms with E-state index in [0.29, 0.717) is 18.3 Å². The Morgan fingerprint density at radius 2 is 1.62 bits per heavy atom. The standard InChI is InChI=1S/C11H14Cl2IN.ClH/c12-5-3-9-8(7-15)1-2-11(14)10(9)4-6-13;/h1-2H,3-7,15H2;1H. The zero-order valence-corrected chi connectivity index (χ0v) is 13.3. The molecule has 1 rings (SSSR count). The van der Waals surface area contributed by atoms with Gasteiger partial charge in [0.2, 0.25) is 0 Å². The summed E-state index contributed by atoms with van der Waals surface area (Å²) >= 11 is 14.0. The molecule has 0 amide bonds. The van der Waals surface area contributed by atoms with Gasteiger partial charge in [-0.2, -0.15) is 0 Å². The lowest BCUT2D eigenvalue weighted by Crippen LogP contribution is -2.08. The first-order chi connectivity index (χ1) is 7.24. The monoisotopic (exact) mass is 393 g/mol. The van der Waals surface area contributed by atoms with Crippen LogP contribution in [0.25, 0.3) is 0 Å². The lowest BCUT2D eigenvalue weighted by molar-refractivity contribution is 0.961. The van der Waals surface area contributed by atoms with E-state index < -0.39 is 0 Å². The van der Waals surface area contributed by atoms with Gasteiger partial charge in [0.15, 0.2) is 0 Å². The van der Waals surface area contributed by atoms with Gasteiger partial charge in [-0.25, -0.2) is 0 Å². The minimum Gasteiger partial charge on any atom is -0.326 e. The number of benzene rings is 1. The van der Waals surface area contributed by atoms with Crippen molar-refractivity contribution in [2.24, 2.45) is 5.73 Å². The normalized spacial score (nSPS) is 10.0. The highest BCUT2D eigenvalue weighted by atomic mass is 127. The van der Waals surface area contributed by atoms with Gasteiger partial charge in [0.1, 0.15) is 0 Å². The van der Waals surface area contributed by atoms with Crippen LogP contribution >= 0.6 is 58.2 Å². The average Bonchev–Trinajstić information content (AvgIpc) is 2.24. The molecule has 0 fully saturated rings. The van der Waals surface area contributed by atoms with Gasteiger partial charge in [-0.15, -0.1) is 35.6 Å². The second kappa shape index (κ2) is 8.81. The molecule has 0 aliphatic carbocycles. The third-order valence-corrected chi connectivity index (χ3v) is 3.77. The number of halogens is 4. The molecule has 1 nitrogen and oxygen atoms in total. The molecule has 2 N–H and O–H groups in total. The summed E-state index contributed by atoms with van der Waals surface area (Å²) in [7, 11) is 0. The molecule has 92 valence electrons. The first kappa shape index (κ1) is 16.8. The summed E-state index contributed by atoms with van der Waals surface area (Å²) in [6, 6.07) is 4.18. The van der Waals surface area contributed by atoms with Crippen molar-refractivity contribution in [3.8, 4) is 0 Å². The maximum atomic E-state index is 5.81. The van der Waals surface area contributed by atoms with Crippen molar-refractivity contribution in [2.45, 2.75) is 19.4 Å². The van der Waals surface area contributed by atoms with Crippen molar-refractivity contribution in [2.75, 3.05) is 11.8 Å². The van der Waals surface area contributed by atoms with Gasteiger partial charge < -0.3 is 5.73 Å². The van der Waals surface area contributed by atoms with Crippen molar-refractivity contribution in [3.63, 3.8) is 0 Å². The summed E-state index contributed by atoms with van der Waals surface area (Å²) in [6.07, 6.45) is 1.76. The van der Waals surface area contributed by atoms with Crippen LogP contribution in [0.5, 0.6) is 0 Å². The van der Waals surface area contributed by atoms with Crippen LogP contribution in [0.2, 0.25) is 0 Å². The van der Waals surface area contributed by atoms with E-state index in [1.54, 1.807) is 0 Å². The first-order valence-electron chi connectivity index (χ1n) is 4.85. The second-order valence-electron chi connectivity index (χ2n) is 3.25. The van der Waals surface area contributed by atoms with E-state index in [2.05, 4.69) is 34.7 Å². The average molecular weight is 395 g/mol. The van der Waals surface area contributed by atoms with Gasteiger partial charge in [0.05, 0.1) is 0 Å². The SMILES string of the molecule is Cl.NCc1ccc(I)c(CCCl)c1CCCl. The van der Waals surface area contributed by atoms with Crippen LogP contribution in [0.1, 0.15) is 16.7 Å². The maximum absolute atomic E-state index is 5.81. The van der Waals surface area contributed by atoms with Crippen LogP contribution in [0.15, 0.2) is 12.1 Å². The van der Waals surface area contributed by atoms with Crippen LogP contribution in [0.3, 0.4) is 0 Å². The Hall–Kier alpha value is 0.780. The number of hydrogen-bond acceptors (Lipinski definition) is 1. The van der Waals surface area contributed by atoms with Gasteiger partial charge in [-0.05, 0) is 58.2 Å². The molecule has 0 spiro atoms. The van der Waals surface area contributed by atoms with E-state index in [-0.39, 0.29) is 12.4 Å². The van der Waals surface area contributed by atoms with Crippen molar-refractivity contribution in [1.29, 1.82) is 0 Å². The Kier molecular flexibility index (Phi) is 9.24. The fourth-order valence-electron chi connectivity index (χ4n) is 1.67. The number of hydrogen-bond donors (Lipinski definition) is 1. The Morgan fingerprint density at radius 1 is 1.06 bits per heavy atom. The van der Waals surface area contributed by atoms with Crippen LogP contribution in [0.4, 0.5) is 0 Å². The zero-order chi connectivity index (χ0) is 11.3. The lowest BCUT2D eigenvalue weighted by Gasteiger charge is -2.14. The topological polar surface area (TPSA) is 26.0 Å². The van der Waals surface area contributed by atoms with Crippen molar-refractivity contribution in [1.82, 2.24) is 0 Å². The third-order valence-electron chi connectivity index (χ3n) is 2.38. The van der Waals surface area contributed by atoms with Gasteiger partial charge in [0, 0.05) is 21.9 Å². The van der Waals surface area contributed by atoms with Crippen LogP contribution in [-0.2, 0) is 19.4 Å². The molecular weight excluding hydrogens is 379 g/mol. The molecule has 0 bridgehead atoms. The summed E-state index contributed by atoms with van der Waals surface area (Å²) in [6.45, 7) is 0.568. The smallest absolute Gasteiger partial charge is 0.0264 e. The molecule has 0 radical (unpaired) electrons. The van der Waals surface area contributed by atoms with Crippen LogP contribution in [0, 0.1) is 3.57 Å². The highest BCUT2D eigenvalue weighted by Gasteiger charge is 2.10. The minimum absolute atomic E-state index is 0. The zero-order valence-electron chi connectivity index (χ0n) is 8.81. The van der Waals surface area contributed by atoms with Crippen molar-refractivity contribution >= 4 is 58.2 Å². The van der Waals surface area contributed by atoms with E-state index in [0.717, 1.165) is 12.8 Å². The van der Waals surface area contributed by atoms with Crippen LogP contribution in [-0.4, -0.2) is 11.8 Å². The number of alkyl halides is 2. The molecular formula is C11H15Cl3IN. The summed E-state index contributed by atoms with van der Waals surface area (Å²) in [5, 5.41) is 0. The molecule has 0 aromatic heterocycles. The Balaban J connectivity index is 0.00000225. The molecule has 16 heavy (non-hydrogen) atoms. The molecule has 0 saturated heterocycles. The lowest BCUT2D eigenvalue weighted by atomic mass is 9.97. The summed E-state index contributed by atoms with van der Waals surface area (Å²) in [5.74, 6) is 1.27. The maximum Gasteiger partial charge on any atom is 0.0264 e. The summed E-state index contributed by atoms with van der Waals surface area (Å²) in [5.41, 5.74) is 9.51.